The first-order valence-electron chi connectivity index (χ1n) is 25.4. The molecule has 17 heteroatoms. The molecule has 3 unspecified atom stereocenters. The van der Waals surface area contributed by atoms with Crippen LogP contribution in [0.15, 0.2) is 140 Å². The normalized spacial score (nSPS) is 15.3. The summed E-state index contributed by atoms with van der Waals surface area (Å²) in [6.07, 6.45) is 10.5. The molecule has 0 bridgehead atoms. The molecule has 3 atom stereocenters. The van der Waals surface area contributed by atoms with Gasteiger partial charge in [-0.05, 0) is 171 Å². The Bertz CT molecular complexity index is 2560. The number of unbranched alkanes of at least 4 members (excludes halogenated alkanes) is 5. The van der Waals surface area contributed by atoms with Gasteiger partial charge in [-0.1, -0.05) is 97.1 Å². The number of para-hydroxylation sites is 6. The van der Waals surface area contributed by atoms with E-state index < -0.39 is 16.9 Å². The van der Waals surface area contributed by atoms with Crippen LogP contribution in [0.2, 0.25) is 0 Å². The molecule has 0 spiro atoms. The summed E-state index contributed by atoms with van der Waals surface area (Å²) in [4.78, 5) is 17.7. The molecule has 1 aliphatic rings. The zero-order valence-corrected chi connectivity index (χ0v) is 44.2. The van der Waals surface area contributed by atoms with Gasteiger partial charge in [0, 0.05) is 37.6 Å². The summed E-state index contributed by atoms with van der Waals surface area (Å²) >= 11 is 0. The van der Waals surface area contributed by atoms with E-state index in [4.69, 9.17) is 28.2 Å². The van der Waals surface area contributed by atoms with Crippen LogP contribution >= 0.6 is 25.8 Å². The Morgan fingerprint density at radius 3 is 1.22 bits per heavy atom. The second kappa shape index (κ2) is 31.1. The van der Waals surface area contributed by atoms with Crippen LogP contribution in [-0.2, 0) is 32.1 Å². The maximum absolute atomic E-state index is 9.73. The second-order valence-corrected chi connectivity index (χ2v) is 22.1. The first-order chi connectivity index (χ1) is 36.0. The van der Waals surface area contributed by atoms with Gasteiger partial charge >= 0.3 is 8.45 Å². The van der Waals surface area contributed by atoms with Gasteiger partial charge in [0.2, 0.25) is 5.75 Å². The average molecular weight is 1050 g/mol. The number of aliphatic hydroxyl groups excluding tert-OH is 5. The second-order valence-electron chi connectivity index (χ2n) is 17.4. The molecule has 73 heavy (non-hydrogen) atoms. The lowest BCUT2D eigenvalue weighted by Gasteiger charge is -2.42. The number of rotatable bonds is 32. The Kier molecular flexibility index (Phi) is 23.8. The highest BCUT2D eigenvalue weighted by molar-refractivity contribution is 7.74. The largest absolute Gasteiger partial charge is 0.453 e. The van der Waals surface area contributed by atoms with Crippen LogP contribution in [0.1, 0.15) is 92.0 Å². The summed E-state index contributed by atoms with van der Waals surface area (Å²) in [6, 6.07) is 45.0. The summed E-state index contributed by atoms with van der Waals surface area (Å²) in [6.45, 7) is 0.483. The van der Waals surface area contributed by atoms with Gasteiger partial charge in [-0.3, -0.25) is 0 Å². The molecular weight excluding hydrogens is 984 g/mol. The van der Waals surface area contributed by atoms with Gasteiger partial charge < -0.3 is 53.7 Å². The van der Waals surface area contributed by atoms with Crippen molar-refractivity contribution in [1.29, 1.82) is 0 Å². The summed E-state index contributed by atoms with van der Waals surface area (Å²) in [5.41, 5.74) is 4.84. The van der Waals surface area contributed by atoms with E-state index in [1.165, 1.54) is 0 Å². The fourth-order valence-corrected chi connectivity index (χ4v) is 13.7. The summed E-state index contributed by atoms with van der Waals surface area (Å²) < 4.78 is 31.8. The van der Waals surface area contributed by atoms with Crippen LogP contribution in [0.25, 0.3) is 0 Å². The van der Waals surface area contributed by atoms with Gasteiger partial charge in [0.05, 0.1) is 8.88 Å². The average Bonchev–Trinajstić information content (AvgIpc) is 3.41. The van der Waals surface area contributed by atoms with E-state index in [1.807, 2.05) is 140 Å². The molecule has 1 saturated heterocycles. The van der Waals surface area contributed by atoms with E-state index >= 15 is 0 Å². The minimum Gasteiger partial charge on any atom is -0.453 e. The van der Waals surface area contributed by atoms with E-state index in [2.05, 4.69) is 4.86 Å². The minimum absolute atomic E-state index is 0.0827. The third-order valence-corrected chi connectivity index (χ3v) is 17.0. The number of nitrogens with one attached hydrogen (secondary N) is 1. The van der Waals surface area contributed by atoms with Crippen molar-refractivity contribution in [3.05, 3.63) is 167 Å². The van der Waals surface area contributed by atoms with Crippen LogP contribution in [0, 0.1) is 0 Å². The van der Waals surface area contributed by atoms with Crippen molar-refractivity contribution < 1.29 is 53.7 Å². The number of hydrogen-bond donors (Lipinski definition) is 6. The fraction of sp³-hybridized carbons (Fsp3) is 0.357. The van der Waals surface area contributed by atoms with Crippen molar-refractivity contribution >= 4 is 25.8 Å². The van der Waals surface area contributed by atoms with E-state index in [0.717, 1.165) is 59.9 Å². The Hall–Kier alpha value is -4.91. The maximum atomic E-state index is 9.73. The Balaban J connectivity index is 1.34. The molecule has 390 valence electrons. The third-order valence-electron chi connectivity index (χ3n) is 11.9. The lowest BCUT2D eigenvalue weighted by Crippen LogP contribution is -2.37. The van der Waals surface area contributed by atoms with Gasteiger partial charge in [0.15, 0.2) is 23.0 Å². The maximum Gasteiger partial charge on any atom is 0.332 e. The van der Waals surface area contributed by atoms with Gasteiger partial charge in [-0.2, -0.15) is 0 Å². The molecule has 6 aromatic rings. The molecule has 0 aliphatic carbocycles. The van der Waals surface area contributed by atoms with E-state index in [-0.39, 0.29) is 41.9 Å². The molecule has 1 aliphatic heterocycles. The lowest BCUT2D eigenvalue weighted by molar-refractivity contribution is 0.0660. The number of benzene rings is 6. The zero-order chi connectivity index (χ0) is 50.9. The molecule has 6 aromatic carbocycles. The summed E-state index contributed by atoms with van der Waals surface area (Å²) in [5, 5.41) is 48.3. The van der Waals surface area contributed by atoms with Gasteiger partial charge in [-0.15, -0.1) is 0 Å². The topological polar surface area (TPSA) is 175 Å². The number of aliphatic hydroxyl groups is 5. The molecule has 0 aromatic heterocycles. The summed E-state index contributed by atoms with van der Waals surface area (Å²) in [7, 11) is -4.22. The van der Waals surface area contributed by atoms with Crippen molar-refractivity contribution in [1.82, 2.24) is 14.1 Å². The first-order valence-corrected chi connectivity index (χ1v) is 28.7. The fourth-order valence-electron chi connectivity index (χ4n) is 8.06. The van der Waals surface area contributed by atoms with Gasteiger partial charge in [0.1, 0.15) is 17.2 Å². The minimum atomic E-state index is -2.04. The Morgan fingerprint density at radius 1 is 0.370 bits per heavy atom. The predicted molar refractivity (Wildman–Crippen MR) is 290 cm³/mol. The molecule has 6 N–H and O–H groups in total. The standard InChI is InChI=1S/C56H70N3O11P3/c60-39-16-11-27-44-22-1-6-32-49(44)65-54-37-21-38-55(56(54)66-50-33-7-2-23-45(50)28-12-17-40-61)69-72-57-71-58(67-51-34-8-3-24-46(51)29-13-18-41-62)73(70-53-36-10-5-26-48(53)31-15-20-43-64)59(72)68-52-35-9-4-25-47(52)30-14-19-42-63/h1-10,21-26,32-38,57,60-64,71H,11-20,27-31,39-43H2. The van der Waals surface area contributed by atoms with E-state index in [1.54, 1.807) is 9.21 Å². The summed E-state index contributed by atoms with van der Waals surface area (Å²) in [5.74, 6) is 4.28. The molecule has 0 radical (unpaired) electrons. The first kappa shape index (κ1) is 55.8. The van der Waals surface area contributed by atoms with Crippen molar-refractivity contribution in [2.24, 2.45) is 0 Å². The molecular formula is C56H70N3O11P3. The van der Waals surface area contributed by atoms with Crippen LogP contribution < -0.4 is 33.1 Å². The van der Waals surface area contributed by atoms with E-state index in [0.29, 0.717) is 110 Å². The third kappa shape index (κ3) is 16.8. The van der Waals surface area contributed by atoms with Crippen LogP contribution in [0.4, 0.5) is 0 Å². The van der Waals surface area contributed by atoms with Crippen molar-refractivity contribution in [3.8, 4) is 46.0 Å². The highest BCUT2D eigenvalue weighted by atomic mass is 31.3. The Labute approximate surface area is 434 Å². The number of aryl methyl sites for hydroxylation is 5. The van der Waals surface area contributed by atoms with Gasteiger partial charge in [-0.25, -0.2) is 4.86 Å². The number of hydrogen-bond acceptors (Lipinski definition) is 14. The molecule has 0 saturated carbocycles. The molecule has 1 heterocycles. The zero-order valence-electron chi connectivity index (χ0n) is 41.4. The Morgan fingerprint density at radius 2 is 0.740 bits per heavy atom. The number of nitrogens with zero attached hydrogens (tertiary/aromatic N) is 2. The lowest BCUT2D eigenvalue weighted by atomic mass is 10.1. The van der Waals surface area contributed by atoms with Crippen molar-refractivity contribution in [2.75, 3.05) is 33.0 Å². The SMILES string of the molecule is OCCCCc1ccccc1Oc1cccc(OP2NPN(Oc3ccccc3CCCCO)P(Oc3ccccc3CCCCO)N2Oc2ccccc2CCCCO)c1Oc1ccccc1CCCCO. The van der Waals surface area contributed by atoms with Gasteiger partial charge in [0.25, 0.3) is 8.45 Å². The van der Waals surface area contributed by atoms with Crippen LogP contribution in [0.5, 0.6) is 46.0 Å². The highest BCUT2D eigenvalue weighted by Crippen LogP contribution is 2.67. The van der Waals surface area contributed by atoms with Crippen LogP contribution in [0.3, 0.4) is 0 Å². The number of ether oxygens (including phenoxy) is 2. The smallest absolute Gasteiger partial charge is 0.332 e. The quantitative estimate of drug-likeness (QED) is 0.0174. The van der Waals surface area contributed by atoms with Crippen molar-refractivity contribution in [3.63, 3.8) is 0 Å². The van der Waals surface area contributed by atoms with Crippen LogP contribution in [-0.4, -0.2) is 67.8 Å². The predicted octanol–water partition coefficient (Wildman–Crippen LogP) is 12.5. The molecule has 0 amide bonds. The highest BCUT2D eigenvalue weighted by Gasteiger charge is 2.47. The molecule has 1 fully saturated rings. The molecule has 7 rings (SSSR count). The van der Waals surface area contributed by atoms with Crippen molar-refractivity contribution in [2.45, 2.75) is 96.3 Å². The van der Waals surface area contributed by atoms with E-state index in [9.17, 15) is 25.5 Å². The molecule has 14 nitrogen and oxygen atoms in total. The monoisotopic (exact) mass is 1050 g/mol.